The zero-order chi connectivity index (χ0) is 52.7. The highest BCUT2D eigenvalue weighted by Crippen LogP contribution is 2.40. The van der Waals surface area contributed by atoms with Crippen molar-refractivity contribution in [3.8, 4) is 11.5 Å². The fourth-order valence-corrected chi connectivity index (χ4v) is 7.57. The third-order valence-corrected chi connectivity index (χ3v) is 11.3. The molecule has 0 atom stereocenters. The van der Waals surface area contributed by atoms with Crippen LogP contribution < -0.4 is 51.6 Å². The number of nitrogens with two attached hydrogens (primary N) is 1. The summed E-state index contributed by atoms with van der Waals surface area (Å²) in [4.78, 5) is 35.8. The van der Waals surface area contributed by atoms with Gasteiger partial charge in [-0.05, 0) is 54.6 Å². The Hall–Kier alpha value is -7.69. The number of anilines is 9. The summed E-state index contributed by atoms with van der Waals surface area (Å²) in [6.45, 7) is 6.19. The molecule has 7 N–H and O–H groups in total. The maximum atomic E-state index is 13.8. The number of ether oxygens (including phenoxy) is 4. The van der Waals surface area contributed by atoms with Gasteiger partial charge in [0.15, 0.2) is 0 Å². The van der Waals surface area contributed by atoms with Crippen molar-refractivity contribution in [1.29, 1.82) is 0 Å². The van der Waals surface area contributed by atoms with Gasteiger partial charge in [0, 0.05) is 82.2 Å². The smallest absolute Gasteiger partial charge is 0.419 e. The van der Waals surface area contributed by atoms with E-state index in [0.717, 1.165) is 68.8 Å². The molecule has 4 aromatic carbocycles. The van der Waals surface area contributed by atoms with Crippen molar-refractivity contribution < 1.29 is 54.9 Å². The topological polar surface area (TPSA) is 189 Å². The standard InChI is InChI=1S/C25H26F3N5O3.C14H11ClF3N3O.C11H16N2O2/c1-29-24(34)17-5-3-4-6-19(17)31-21-14-23(30-15-18(21)25(26,27)28)32-20-8-7-16(13-22(20)35-2)33-9-11-36-12-10-33;1-19-13(22)8-4-2-3-5-10(8)21-11-6-12(15)20-7-9(11)14(16,17)18;1-14-11-8-9(2-3-10(11)12)13-4-6-15-7-5-13/h3-8,13-15H,9-12H2,1-2H3,(H,29,34)(H2,30,31,32);2-7H,1H3,(H,19,22)(H,20,21);2-3,8H,4-7,12H2,1H3. The van der Waals surface area contributed by atoms with Gasteiger partial charge in [-0.25, -0.2) is 9.97 Å². The first-order valence-electron chi connectivity index (χ1n) is 22.4. The normalized spacial score (nSPS) is 13.5. The van der Waals surface area contributed by atoms with E-state index in [9.17, 15) is 35.9 Å². The van der Waals surface area contributed by atoms with Crippen molar-refractivity contribution in [1.82, 2.24) is 20.6 Å². The molecule has 388 valence electrons. The van der Waals surface area contributed by atoms with Gasteiger partial charge in [-0.15, -0.1) is 0 Å². The highest BCUT2D eigenvalue weighted by atomic mass is 35.5. The lowest BCUT2D eigenvalue weighted by atomic mass is 10.1. The number of hydrogen-bond donors (Lipinski definition) is 6. The monoisotopic (exact) mass is 1040 g/mol. The second-order valence-corrected chi connectivity index (χ2v) is 16.2. The quantitative estimate of drug-likeness (QED) is 0.0386. The maximum absolute atomic E-state index is 13.8. The van der Waals surface area contributed by atoms with Crippen LogP contribution in [0.4, 0.5) is 77.7 Å². The van der Waals surface area contributed by atoms with Crippen LogP contribution in [-0.2, 0) is 21.8 Å². The van der Waals surface area contributed by atoms with Crippen molar-refractivity contribution in [3.63, 3.8) is 0 Å². The number of benzene rings is 4. The molecule has 2 aliphatic heterocycles. The largest absolute Gasteiger partial charge is 0.495 e. The van der Waals surface area contributed by atoms with E-state index in [1.54, 1.807) is 37.4 Å². The third kappa shape index (κ3) is 14.7. The molecule has 2 aromatic heterocycles. The molecule has 0 radical (unpaired) electrons. The van der Waals surface area contributed by atoms with E-state index in [2.05, 4.69) is 46.4 Å². The number of alkyl halides is 6. The molecule has 16 nitrogen and oxygen atoms in total. The molecule has 0 saturated carbocycles. The number of carbonyl (C=O) groups is 2. The fourth-order valence-electron chi connectivity index (χ4n) is 7.41. The lowest BCUT2D eigenvalue weighted by molar-refractivity contribution is -0.138. The van der Waals surface area contributed by atoms with Crippen molar-refractivity contribution >= 4 is 74.7 Å². The van der Waals surface area contributed by atoms with Gasteiger partial charge < -0.3 is 61.1 Å². The first kappa shape index (κ1) is 54.6. The van der Waals surface area contributed by atoms with Gasteiger partial charge in [-0.3, -0.25) is 9.59 Å². The number of rotatable bonds is 12. The Balaban J connectivity index is 0.000000198. The molecule has 2 amide bonds. The van der Waals surface area contributed by atoms with Crippen LogP contribution >= 0.6 is 11.6 Å². The van der Waals surface area contributed by atoms with Crippen molar-refractivity contribution in [3.05, 3.63) is 137 Å². The Kier molecular flexibility index (Phi) is 18.8. The van der Waals surface area contributed by atoms with Crippen molar-refractivity contribution in [2.24, 2.45) is 0 Å². The maximum Gasteiger partial charge on any atom is 0.419 e. The molecule has 2 fully saturated rings. The number of carbonyl (C=O) groups excluding carboxylic acids is 2. The lowest BCUT2D eigenvalue weighted by Gasteiger charge is -2.29. The number of morpholine rings is 2. The predicted molar refractivity (Wildman–Crippen MR) is 269 cm³/mol. The number of halogens is 7. The van der Waals surface area contributed by atoms with E-state index in [1.807, 2.05) is 30.3 Å². The average molecular weight is 1040 g/mol. The van der Waals surface area contributed by atoms with E-state index in [-0.39, 0.29) is 44.8 Å². The average Bonchev–Trinajstić information content (AvgIpc) is 3.39. The molecular formula is C50H53ClF6N10O6. The Morgan fingerprint density at radius 3 is 1.52 bits per heavy atom. The van der Waals surface area contributed by atoms with E-state index in [0.29, 0.717) is 36.5 Å². The van der Waals surface area contributed by atoms with Gasteiger partial charge in [-0.2, -0.15) is 26.3 Å². The Labute approximate surface area is 422 Å². The molecule has 4 heterocycles. The number of para-hydroxylation sites is 2. The van der Waals surface area contributed by atoms with Gasteiger partial charge in [0.1, 0.15) is 22.5 Å². The minimum Gasteiger partial charge on any atom is -0.495 e. The van der Waals surface area contributed by atoms with Gasteiger partial charge in [-0.1, -0.05) is 35.9 Å². The Bertz CT molecular complexity index is 2830. The third-order valence-electron chi connectivity index (χ3n) is 11.1. The van der Waals surface area contributed by atoms with Crippen LogP contribution in [-0.4, -0.2) is 103 Å². The first-order valence-corrected chi connectivity index (χ1v) is 22.8. The summed E-state index contributed by atoms with van der Waals surface area (Å²) < 4.78 is 102. The molecule has 0 unspecified atom stereocenters. The summed E-state index contributed by atoms with van der Waals surface area (Å²) in [6.07, 6.45) is -7.86. The van der Waals surface area contributed by atoms with Crippen LogP contribution in [0.5, 0.6) is 11.5 Å². The molecule has 8 rings (SSSR count). The molecule has 23 heteroatoms. The molecule has 2 aliphatic rings. The van der Waals surface area contributed by atoms with E-state index >= 15 is 0 Å². The summed E-state index contributed by atoms with van der Waals surface area (Å²) in [5, 5.41) is 13.2. The number of pyridine rings is 2. The van der Waals surface area contributed by atoms with E-state index in [4.69, 9.17) is 36.3 Å². The van der Waals surface area contributed by atoms with Gasteiger partial charge >= 0.3 is 12.4 Å². The predicted octanol–water partition coefficient (Wildman–Crippen LogP) is 9.76. The summed E-state index contributed by atoms with van der Waals surface area (Å²) in [5.41, 5.74) is 7.50. The number of aromatic nitrogens is 2. The zero-order valence-corrected chi connectivity index (χ0v) is 40.8. The van der Waals surface area contributed by atoms with Crippen molar-refractivity contribution in [2.45, 2.75) is 12.4 Å². The molecule has 0 bridgehead atoms. The highest BCUT2D eigenvalue weighted by molar-refractivity contribution is 6.29. The summed E-state index contributed by atoms with van der Waals surface area (Å²) >= 11 is 5.67. The van der Waals surface area contributed by atoms with Gasteiger partial charge in [0.25, 0.3) is 11.8 Å². The second kappa shape index (κ2) is 25.1. The number of nitrogens with zero attached hydrogens (tertiary/aromatic N) is 4. The van der Waals surface area contributed by atoms with Crippen LogP contribution in [0.1, 0.15) is 31.8 Å². The summed E-state index contributed by atoms with van der Waals surface area (Å²) in [6, 6.07) is 26.3. The van der Waals surface area contributed by atoms with Crippen LogP contribution in [0.2, 0.25) is 5.15 Å². The summed E-state index contributed by atoms with van der Waals surface area (Å²) in [5.74, 6) is 0.570. The van der Waals surface area contributed by atoms with E-state index in [1.165, 1.54) is 51.5 Å². The van der Waals surface area contributed by atoms with Crippen molar-refractivity contribution in [2.75, 3.05) is 112 Å². The lowest BCUT2D eigenvalue weighted by Crippen LogP contribution is -2.36. The molecule has 0 spiro atoms. The number of hydrogen-bond acceptors (Lipinski definition) is 14. The molecule has 6 aromatic rings. The van der Waals surface area contributed by atoms with Crippen LogP contribution in [0.25, 0.3) is 0 Å². The van der Waals surface area contributed by atoms with Crippen LogP contribution in [0.3, 0.4) is 0 Å². The van der Waals surface area contributed by atoms with Crippen LogP contribution in [0.15, 0.2) is 109 Å². The molecule has 73 heavy (non-hydrogen) atoms. The van der Waals surface area contributed by atoms with Gasteiger partial charge in [0.2, 0.25) is 0 Å². The minimum atomic E-state index is -4.66. The number of nitrogens with one attached hydrogen (secondary N) is 5. The SMILES string of the molecule is CNC(=O)c1ccccc1Nc1cc(Cl)ncc1C(F)(F)F.CNC(=O)c1ccccc1Nc1cc(Nc2ccc(N3CCOCC3)cc2OC)ncc1C(F)(F)F.COc1cc(N2CCOCC2)ccc1N. The number of nitrogen functional groups attached to an aromatic ring is 1. The second-order valence-electron chi connectivity index (χ2n) is 15.8. The number of amides is 2. The molecular weight excluding hydrogens is 986 g/mol. The fraction of sp³-hybridized carbons (Fsp3) is 0.280. The summed E-state index contributed by atoms with van der Waals surface area (Å²) in [7, 11) is 6.04. The van der Waals surface area contributed by atoms with Gasteiger partial charge in [0.05, 0.1) is 97.0 Å². The first-order chi connectivity index (χ1) is 34.9. The Morgan fingerprint density at radius 2 is 1.04 bits per heavy atom. The van der Waals surface area contributed by atoms with E-state index < -0.39 is 35.3 Å². The van der Waals surface area contributed by atoms with Crippen LogP contribution in [0, 0.1) is 0 Å². The minimum absolute atomic E-state index is 0.0899. The number of methoxy groups -OCH3 is 2. The Morgan fingerprint density at radius 1 is 0.589 bits per heavy atom. The highest BCUT2D eigenvalue weighted by Gasteiger charge is 2.36. The zero-order valence-electron chi connectivity index (χ0n) is 40.0. The molecule has 0 aliphatic carbocycles. The molecule has 2 saturated heterocycles.